The van der Waals surface area contributed by atoms with E-state index in [4.69, 9.17) is 0 Å². The maximum atomic E-state index is 12.5. The van der Waals surface area contributed by atoms with Crippen LogP contribution in [0.15, 0.2) is 48.5 Å². The van der Waals surface area contributed by atoms with Crippen molar-refractivity contribution in [2.24, 2.45) is 0 Å². The monoisotopic (exact) mass is 431 g/mol. The standard InChI is InChI=1S/C19H21N5O3S2/c1-13-5-7-15(8-6-13)18-21-22-19(28-18)20-17(25)14-9-11-16(12-10-14)24(4)29(26,27)23(2)3/h5-12H,1-4H3,(H,20,22,25). The maximum Gasteiger partial charge on any atom is 0.303 e. The van der Waals surface area contributed by atoms with Gasteiger partial charge in [0.15, 0.2) is 0 Å². The molecule has 0 aliphatic heterocycles. The number of hydrogen-bond acceptors (Lipinski definition) is 6. The number of benzene rings is 2. The van der Waals surface area contributed by atoms with Gasteiger partial charge in [0, 0.05) is 32.3 Å². The lowest BCUT2D eigenvalue weighted by atomic mass is 10.2. The molecule has 0 aliphatic carbocycles. The van der Waals surface area contributed by atoms with Gasteiger partial charge in [-0.15, -0.1) is 10.2 Å². The second-order valence-electron chi connectivity index (χ2n) is 6.54. The smallest absolute Gasteiger partial charge is 0.296 e. The minimum atomic E-state index is -3.59. The Balaban J connectivity index is 1.71. The molecule has 0 bridgehead atoms. The van der Waals surface area contributed by atoms with E-state index in [1.165, 1.54) is 32.5 Å². The van der Waals surface area contributed by atoms with Crippen molar-refractivity contribution >= 4 is 38.3 Å². The summed E-state index contributed by atoms with van der Waals surface area (Å²) in [6, 6.07) is 14.2. The molecule has 10 heteroatoms. The number of carbonyl (C=O) groups excluding carboxylic acids is 1. The fraction of sp³-hybridized carbons (Fsp3) is 0.211. The van der Waals surface area contributed by atoms with Crippen LogP contribution >= 0.6 is 11.3 Å². The van der Waals surface area contributed by atoms with Crippen LogP contribution in [0.2, 0.25) is 0 Å². The van der Waals surface area contributed by atoms with E-state index < -0.39 is 10.2 Å². The van der Waals surface area contributed by atoms with E-state index in [0.717, 1.165) is 19.7 Å². The van der Waals surface area contributed by atoms with E-state index in [-0.39, 0.29) is 5.91 Å². The van der Waals surface area contributed by atoms with Gasteiger partial charge in [0.2, 0.25) is 5.13 Å². The number of hydrogen-bond donors (Lipinski definition) is 1. The molecule has 0 fully saturated rings. The SMILES string of the molecule is Cc1ccc(-c2nnc(NC(=O)c3ccc(N(C)S(=O)(=O)N(C)C)cc3)s2)cc1. The molecule has 0 spiro atoms. The molecule has 0 saturated heterocycles. The zero-order valence-corrected chi connectivity index (χ0v) is 18.1. The van der Waals surface area contributed by atoms with Crippen molar-refractivity contribution in [1.82, 2.24) is 14.5 Å². The molecule has 1 N–H and O–H groups in total. The van der Waals surface area contributed by atoms with Crippen LogP contribution in [0.5, 0.6) is 0 Å². The fourth-order valence-electron chi connectivity index (χ4n) is 2.46. The molecule has 0 saturated carbocycles. The molecule has 0 radical (unpaired) electrons. The summed E-state index contributed by atoms with van der Waals surface area (Å²) in [5.41, 5.74) is 2.92. The molecule has 152 valence electrons. The Morgan fingerprint density at radius 1 is 0.966 bits per heavy atom. The van der Waals surface area contributed by atoms with Crippen molar-refractivity contribution in [3.05, 3.63) is 59.7 Å². The van der Waals surface area contributed by atoms with Crippen molar-refractivity contribution in [2.75, 3.05) is 30.8 Å². The van der Waals surface area contributed by atoms with Gasteiger partial charge < -0.3 is 0 Å². The molecule has 1 amide bonds. The molecule has 1 aromatic heterocycles. The van der Waals surface area contributed by atoms with Gasteiger partial charge in [-0.05, 0) is 31.2 Å². The summed E-state index contributed by atoms with van der Waals surface area (Å²) < 4.78 is 26.6. The summed E-state index contributed by atoms with van der Waals surface area (Å²) in [4.78, 5) is 12.5. The number of amides is 1. The Morgan fingerprint density at radius 2 is 1.59 bits per heavy atom. The lowest BCUT2D eigenvalue weighted by molar-refractivity contribution is 0.102. The van der Waals surface area contributed by atoms with Gasteiger partial charge in [-0.1, -0.05) is 41.2 Å². The first-order valence-corrected chi connectivity index (χ1v) is 10.9. The highest BCUT2D eigenvalue weighted by Gasteiger charge is 2.21. The summed E-state index contributed by atoms with van der Waals surface area (Å²) in [6.45, 7) is 2.01. The predicted molar refractivity (Wildman–Crippen MR) is 115 cm³/mol. The third-order valence-corrected chi connectivity index (χ3v) is 6.96. The normalized spacial score (nSPS) is 11.5. The van der Waals surface area contributed by atoms with Crippen molar-refractivity contribution in [1.29, 1.82) is 0 Å². The van der Waals surface area contributed by atoms with Crippen LogP contribution in [0.1, 0.15) is 15.9 Å². The second-order valence-corrected chi connectivity index (χ2v) is 9.69. The second kappa shape index (κ2) is 8.27. The van der Waals surface area contributed by atoms with Crippen molar-refractivity contribution < 1.29 is 13.2 Å². The predicted octanol–water partition coefficient (Wildman–Crippen LogP) is 3.01. The molecule has 29 heavy (non-hydrogen) atoms. The molecule has 0 unspecified atom stereocenters. The highest BCUT2D eigenvalue weighted by atomic mass is 32.2. The van der Waals surface area contributed by atoms with E-state index in [0.29, 0.717) is 21.4 Å². The van der Waals surface area contributed by atoms with Crippen LogP contribution in [0.4, 0.5) is 10.8 Å². The Kier molecular flexibility index (Phi) is 5.96. The summed E-state index contributed by atoms with van der Waals surface area (Å²) in [5.74, 6) is -0.346. The first-order chi connectivity index (χ1) is 13.7. The minimum absolute atomic E-state index is 0.346. The summed E-state index contributed by atoms with van der Waals surface area (Å²) in [5, 5.41) is 12.0. The van der Waals surface area contributed by atoms with Crippen LogP contribution in [0, 0.1) is 6.92 Å². The number of aryl methyl sites for hydroxylation is 1. The van der Waals surface area contributed by atoms with Crippen LogP contribution < -0.4 is 9.62 Å². The third kappa shape index (κ3) is 4.61. The van der Waals surface area contributed by atoms with Gasteiger partial charge in [0.05, 0.1) is 5.69 Å². The van der Waals surface area contributed by atoms with Gasteiger partial charge >= 0.3 is 10.2 Å². The number of anilines is 2. The average molecular weight is 432 g/mol. The van der Waals surface area contributed by atoms with Gasteiger partial charge in [-0.25, -0.2) is 0 Å². The molecule has 8 nitrogen and oxygen atoms in total. The van der Waals surface area contributed by atoms with Gasteiger partial charge in [-0.2, -0.15) is 12.7 Å². The number of aromatic nitrogens is 2. The lowest BCUT2D eigenvalue weighted by Gasteiger charge is -2.23. The molecule has 0 atom stereocenters. The maximum absolute atomic E-state index is 12.5. The minimum Gasteiger partial charge on any atom is -0.296 e. The van der Waals surface area contributed by atoms with Gasteiger partial charge in [0.1, 0.15) is 5.01 Å². The average Bonchev–Trinajstić information content (AvgIpc) is 3.16. The highest BCUT2D eigenvalue weighted by molar-refractivity contribution is 7.90. The van der Waals surface area contributed by atoms with Crippen LogP contribution in [0.3, 0.4) is 0 Å². The molecular formula is C19H21N5O3S2. The van der Waals surface area contributed by atoms with Crippen LogP contribution in [-0.4, -0.2) is 50.0 Å². The zero-order chi connectivity index (χ0) is 21.2. The summed E-state index contributed by atoms with van der Waals surface area (Å²) >= 11 is 1.28. The Bertz CT molecular complexity index is 1110. The first kappa shape index (κ1) is 20.9. The van der Waals surface area contributed by atoms with Crippen LogP contribution in [-0.2, 0) is 10.2 Å². The molecule has 0 aliphatic rings. The van der Waals surface area contributed by atoms with Crippen LogP contribution in [0.25, 0.3) is 10.6 Å². The van der Waals surface area contributed by atoms with E-state index in [1.54, 1.807) is 24.3 Å². The highest BCUT2D eigenvalue weighted by Crippen LogP contribution is 2.27. The Labute approximate surface area is 174 Å². The number of nitrogens with one attached hydrogen (secondary N) is 1. The Hall–Kier alpha value is -2.82. The molecule has 1 heterocycles. The van der Waals surface area contributed by atoms with Crippen molar-refractivity contribution in [3.63, 3.8) is 0 Å². The lowest BCUT2D eigenvalue weighted by Crippen LogP contribution is -2.37. The fourth-order valence-corrected chi connectivity index (χ4v) is 4.08. The van der Waals surface area contributed by atoms with E-state index >= 15 is 0 Å². The number of rotatable bonds is 6. The zero-order valence-electron chi connectivity index (χ0n) is 16.4. The summed E-state index contributed by atoms with van der Waals surface area (Å²) in [7, 11) is 0.786. The number of carbonyl (C=O) groups is 1. The van der Waals surface area contributed by atoms with E-state index in [9.17, 15) is 13.2 Å². The van der Waals surface area contributed by atoms with E-state index in [1.807, 2.05) is 31.2 Å². The van der Waals surface area contributed by atoms with Gasteiger partial charge in [-0.3, -0.25) is 14.4 Å². The molecule has 2 aromatic carbocycles. The number of nitrogens with zero attached hydrogens (tertiary/aromatic N) is 4. The largest absolute Gasteiger partial charge is 0.303 e. The van der Waals surface area contributed by atoms with Crippen molar-refractivity contribution in [2.45, 2.75) is 6.92 Å². The van der Waals surface area contributed by atoms with E-state index in [2.05, 4.69) is 15.5 Å². The molecule has 3 rings (SSSR count). The Morgan fingerprint density at radius 3 is 2.17 bits per heavy atom. The topological polar surface area (TPSA) is 95.5 Å². The van der Waals surface area contributed by atoms with Gasteiger partial charge in [0.25, 0.3) is 5.91 Å². The third-order valence-electron chi connectivity index (χ3n) is 4.24. The molecule has 3 aromatic rings. The quantitative estimate of drug-likeness (QED) is 0.647. The molecular weight excluding hydrogens is 410 g/mol. The van der Waals surface area contributed by atoms with Crippen molar-refractivity contribution in [3.8, 4) is 10.6 Å². The summed E-state index contributed by atoms with van der Waals surface area (Å²) in [6.07, 6.45) is 0. The first-order valence-electron chi connectivity index (χ1n) is 8.67.